The molecule has 0 atom stereocenters. The number of nitrogens with zero attached hydrogens (tertiary/aromatic N) is 1. The van der Waals surface area contributed by atoms with Gasteiger partial charge in [0.15, 0.2) is 15.8 Å². The van der Waals surface area contributed by atoms with E-state index >= 15 is 0 Å². The second-order valence-electron chi connectivity index (χ2n) is 5.85. The molecule has 0 fully saturated rings. The van der Waals surface area contributed by atoms with Crippen molar-refractivity contribution in [2.75, 3.05) is 39.1 Å². The molecule has 0 amide bonds. The molecule has 6 nitrogen and oxygen atoms in total. The van der Waals surface area contributed by atoms with Gasteiger partial charge in [0, 0.05) is 26.7 Å². The van der Waals surface area contributed by atoms with Gasteiger partial charge in [0.1, 0.15) is 0 Å². The lowest BCUT2D eigenvalue weighted by atomic mass is 10.1. The zero-order valence-corrected chi connectivity index (χ0v) is 15.6. The molecule has 0 unspecified atom stereocenters. The standard InChI is InChI=1S/C17H29N3O3S/c1-15(2)9-12-23-13-10-19-17(18-3)20-11-14-24(21,22)16-7-5-4-6-8-16/h4-8,15H,9-14H2,1-3H3,(H2,18,19,20). The molecule has 0 saturated carbocycles. The molecule has 0 bridgehead atoms. The summed E-state index contributed by atoms with van der Waals surface area (Å²) in [6.07, 6.45) is 1.05. The molecule has 0 aliphatic rings. The summed E-state index contributed by atoms with van der Waals surface area (Å²) in [6.45, 7) is 6.60. The highest BCUT2D eigenvalue weighted by molar-refractivity contribution is 7.91. The van der Waals surface area contributed by atoms with Crippen molar-refractivity contribution in [1.82, 2.24) is 10.6 Å². The molecule has 1 rings (SSSR count). The van der Waals surface area contributed by atoms with E-state index in [2.05, 4.69) is 29.5 Å². The number of benzene rings is 1. The summed E-state index contributed by atoms with van der Waals surface area (Å²) in [4.78, 5) is 4.41. The van der Waals surface area contributed by atoms with Crippen LogP contribution in [0.2, 0.25) is 0 Å². The molecule has 7 heteroatoms. The molecule has 136 valence electrons. The third-order valence-corrected chi connectivity index (χ3v) is 5.10. The van der Waals surface area contributed by atoms with Crippen molar-refractivity contribution in [2.45, 2.75) is 25.2 Å². The lowest BCUT2D eigenvalue weighted by molar-refractivity contribution is 0.128. The largest absolute Gasteiger partial charge is 0.380 e. The van der Waals surface area contributed by atoms with E-state index in [1.54, 1.807) is 37.4 Å². The van der Waals surface area contributed by atoms with E-state index in [0.29, 0.717) is 36.5 Å². The summed E-state index contributed by atoms with van der Waals surface area (Å²) in [6, 6.07) is 8.46. The van der Waals surface area contributed by atoms with E-state index in [9.17, 15) is 8.42 Å². The van der Waals surface area contributed by atoms with Crippen LogP contribution in [-0.4, -0.2) is 53.5 Å². The smallest absolute Gasteiger partial charge is 0.191 e. The monoisotopic (exact) mass is 355 g/mol. The van der Waals surface area contributed by atoms with E-state index in [1.165, 1.54) is 0 Å². The van der Waals surface area contributed by atoms with Crippen molar-refractivity contribution in [2.24, 2.45) is 10.9 Å². The molecule has 0 aromatic heterocycles. The van der Waals surface area contributed by atoms with Gasteiger partial charge in [-0.1, -0.05) is 32.0 Å². The average molecular weight is 356 g/mol. The lowest BCUT2D eigenvalue weighted by Crippen LogP contribution is -2.41. The van der Waals surface area contributed by atoms with Gasteiger partial charge in [0.25, 0.3) is 0 Å². The molecule has 1 aromatic rings. The Morgan fingerprint density at radius 2 is 1.79 bits per heavy atom. The fourth-order valence-corrected chi connectivity index (χ4v) is 3.11. The van der Waals surface area contributed by atoms with Crippen molar-refractivity contribution in [3.63, 3.8) is 0 Å². The summed E-state index contributed by atoms with van der Waals surface area (Å²) in [7, 11) is -1.62. The second-order valence-corrected chi connectivity index (χ2v) is 7.96. The van der Waals surface area contributed by atoms with Crippen molar-refractivity contribution in [1.29, 1.82) is 0 Å². The van der Waals surface area contributed by atoms with E-state index in [1.807, 2.05) is 0 Å². The molecule has 0 radical (unpaired) electrons. The maximum Gasteiger partial charge on any atom is 0.191 e. The number of aliphatic imine (C=N–C) groups is 1. The van der Waals surface area contributed by atoms with Gasteiger partial charge in [-0.15, -0.1) is 0 Å². The highest BCUT2D eigenvalue weighted by atomic mass is 32.2. The van der Waals surface area contributed by atoms with Gasteiger partial charge in [-0.05, 0) is 24.5 Å². The Bertz CT molecular complexity index is 586. The molecule has 0 spiro atoms. The van der Waals surface area contributed by atoms with Crippen LogP contribution in [0.1, 0.15) is 20.3 Å². The number of rotatable bonds is 10. The fraction of sp³-hybridized carbons (Fsp3) is 0.588. The van der Waals surface area contributed by atoms with Crippen LogP contribution in [0.5, 0.6) is 0 Å². The molecule has 24 heavy (non-hydrogen) atoms. The first-order valence-corrected chi connectivity index (χ1v) is 9.91. The number of nitrogens with one attached hydrogen (secondary N) is 2. The Kier molecular flexibility index (Phi) is 9.41. The third-order valence-electron chi connectivity index (χ3n) is 3.37. The fourth-order valence-electron chi connectivity index (χ4n) is 1.93. The van der Waals surface area contributed by atoms with Crippen LogP contribution in [0.25, 0.3) is 0 Å². The molecule has 1 aromatic carbocycles. The number of ether oxygens (including phenoxy) is 1. The summed E-state index contributed by atoms with van der Waals surface area (Å²) < 4.78 is 29.9. The van der Waals surface area contributed by atoms with Crippen molar-refractivity contribution in [3.8, 4) is 0 Å². The van der Waals surface area contributed by atoms with Crippen LogP contribution >= 0.6 is 0 Å². The summed E-state index contributed by atoms with van der Waals surface area (Å²) >= 11 is 0. The van der Waals surface area contributed by atoms with Gasteiger partial charge in [-0.25, -0.2) is 8.42 Å². The molecule has 0 saturated heterocycles. The van der Waals surface area contributed by atoms with Crippen LogP contribution in [-0.2, 0) is 14.6 Å². The van der Waals surface area contributed by atoms with E-state index < -0.39 is 9.84 Å². The predicted octanol–water partition coefficient (Wildman–Crippen LogP) is 1.69. The van der Waals surface area contributed by atoms with Gasteiger partial charge >= 0.3 is 0 Å². The SMILES string of the molecule is CN=C(NCCOCCC(C)C)NCCS(=O)(=O)c1ccccc1. The first-order chi connectivity index (χ1) is 11.5. The number of hydrogen-bond donors (Lipinski definition) is 2. The Hall–Kier alpha value is -1.60. The summed E-state index contributed by atoms with van der Waals surface area (Å²) in [5.41, 5.74) is 0. The first kappa shape index (κ1) is 20.4. The number of sulfone groups is 1. The topological polar surface area (TPSA) is 79.8 Å². The first-order valence-electron chi connectivity index (χ1n) is 8.26. The van der Waals surface area contributed by atoms with Gasteiger partial charge in [-0.2, -0.15) is 0 Å². The maximum absolute atomic E-state index is 12.2. The Morgan fingerprint density at radius 1 is 1.12 bits per heavy atom. The maximum atomic E-state index is 12.2. The molecule has 0 aliphatic carbocycles. The van der Waals surface area contributed by atoms with Crippen LogP contribution in [0.15, 0.2) is 40.2 Å². The van der Waals surface area contributed by atoms with Gasteiger partial charge < -0.3 is 15.4 Å². The third kappa shape index (κ3) is 8.31. The molecule has 2 N–H and O–H groups in total. The van der Waals surface area contributed by atoms with Crippen molar-refractivity contribution < 1.29 is 13.2 Å². The zero-order chi connectivity index (χ0) is 17.8. The van der Waals surface area contributed by atoms with E-state index in [0.717, 1.165) is 13.0 Å². The molecule has 0 aliphatic heterocycles. The lowest BCUT2D eigenvalue weighted by Gasteiger charge is -2.12. The molecular formula is C17H29N3O3S. The molecule has 0 heterocycles. The van der Waals surface area contributed by atoms with Crippen LogP contribution in [0.4, 0.5) is 0 Å². The highest BCUT2D eigenvalue weighted by Crippen LogP contribution is 2.09. The minimum absolute atomic E-state index is 0.0165. The van der Waals surface area contributed by atoms with Crippen LogP contribution in [0, 0.1) is 5.92 Å². The zero-order valence-electron chi connectivity index (χ0n) is 14.8. The average Bonchev–Trinajstić information content (AvgIpc) is 2.56. The minimum atomic E-state index is -3.27. The minimum Gasteiger partial charge on any atom is -0.380 e. The quantitative estimate of drug-likeness (QED) is 0.379. The predicted molar refractivity (Wildman–Crippen MR) is 98.1 cm³/mol. The van der Waals surface area contributed by atoms with E-state index in [4.69, 9.17) is 4.74 Å². The van der Waals surface area contributed by atoms with Crippen molar-refractivity contribution in [3.05, 3.63) is 30.3 Å². The Morgan fingerprint density at radius 3 is 2.42 bits per heavy atom. The van der Waals surface area contributed by atoms with Crippen LogP contribution in [0.3, 0.4) is 0 Å². The Labute approximate surface area is 145 Å². The number of guanidine groups is 1. The second kappa shape index (κ2) is 11.0. The Balaban J connectivity index is 2.25. The van der Waals surface area contributed by atoms with Crippen molar-refractivity contribution >= 4 is 15.8 Å². The summed E-state index contributed by atoms with van der Waals surface area (Å²) in [5.74, 6) is 1.23. The highest BCUT2D eigenvalue weighted by Gasteiger charge is 2.13. The van der Waals surface area contributed by atoms with E-state index in [-0.39, 0.29) is 5.75 Å². The normalized spacial score (nSPS) is 12.4. The molecular weight excluding hydrogens is 326 g/mol. The van der Waals surface area contributed by atoms with Gasteiger partial charge in [-0.3, -0.25) is 4.99 Å². The van der Waals surface area contributed by atoms with Gasteiger partial charge in [0.2, 0.25) is 0 Å². The summed E-state index contributed by atoms with van der Waals surface area (Å²) in [5, 5.41) is 6.11. The number of hydrogen-bond acceptors (Lipinski definition) is 4. The van der Waals surface area contributed by atoms with Crippen LogP contribution < -0.4 is 10.6 Å². The van der Waals surface area contributed by atoms with Gasteiger partial charge in [0.05, 0.1) is 17.3 Å².